The zero-order valence-electron chi connectivity index (χ0n) is 37.6. The predicted molar refractivity (Wildman–Crippen MR) is 173 cm³/mol. The monoisotopic (exact) mass is 540 g/mol. The maximum atomic E-state index is 9.80. The molecule has 0 bridgehead atoms. The minimum Gasteiger partial charge on any atom is -0.458 e. The quantitative estimate of drug-likeness (QED) is 0.195. The minimum atomic E-state index is -2.73. The molecule has 40 heavy (non-hydrogen) atoms. The summed E-state index contributed by atoms with van der Waals surface area (Å²) >= 11 is 0. The van der Waals surface area contributed by atoms with Gasteiger partial charge in [-0.15, -0.1) is 0 Å². The fraction of sp³-hybridized carbons (Fsp3) is 0.351. The van der Waals surface area contributed by atoms with E-state index in [0.717, 1.165) is 0 Å². The van der Waals surface area contributed by atoms with Gasteiger partial charge in [0.05, 0.1) is 13.7 Å². The van der Waals surface area contributed by atoms with Crippen LogP contribution in [0.3, 0.4) is 0 Å². The summed E-state index contributed by atoms with van der Waals surface area (Å²) in [6.07, 6.45) is 0. The summed E-state index contributed by atoms with van der Waals surface area (Å²) in [4.78, 5) is 1.26. The summed E-state index contributed by atoms with van der Waals surface area (Å²) in [6, 6.07) is -0.541. The van der Waals surface area contributed by atoms with E-state index in [2.05, 4.69) is 0 Å². The zero-order chi connectivity index (χ0) is 40.0. The van der Waals surface area contributed by atoms with Crippen molar-refractivity contribution in [1.29, 1.82) is 0 Å². The van der Waals surface area contributed by atoms with E-state index in [1.165, 1.54) is 17.0 Å². The fourth-order valence-corrected chi connectivity index (χ4v) is 5.10. The van der Waals surface area contributed by atoms with Crippen molar-refractivity contribution in [3.8, 4) is 11.5 Å². The van der Waals surface area contributed by atoms with Gasteiger partial charge in [-0.05, 0) is 98.0 Å². The number of nitrogens with zero attached hydrogens (tertiary/aromatic N) is 1. The average molecular weight is 541 g/mol. The highest BCUT2D eigenvalue weighted by atomic mass is 16.5. The Hall–Kier alpha value is -3.46. The first-order valence-corrected chi connectivity index (χ1v) is 13.6. The van der Waals surface area contributed by atoms with Crippen LogP contribution >= 0.6 is 0 Å². The normalized spacial score (nSPS) is 19.3. The molecule has 4 aromatic rings. The van der Waals surface area contributed by atoms with E-state index in [9.17, 15) is 8.22 Å². The number of aryl methyl sites for hydroxylation is 1. The third-order valence-electron chi connectivity index (χ3n) is 7.37. The second-order valence-corrected chi connectivity index (χ2v) is 13.8. The van der Waals surface area contributed by atoms with Gasteiger partial charge in [0.2, 0.25) is 0 Å². The number of hydrogen-bond donors (Lipinski definition) is 0. The number of benzene rings is 4. The van der Waals surface area contributed by atoms with Crippen LogP contribution in [0.1, 0.15) is 102 Å². The van der Waals surface area contributed by atoms with Crippen LogP contribution in [0.5, 0.6) is 11.5 Å². The maximum Gasteiger partial charge on any atom is 0.256 e. The van der Waals surface area contributed by atoms with Crippen molar-refractivity contribution in [3.05, 3.63) is 94.8 Å². The first-order valence-electron chi connectivity index (χ1n) is 20.1. The predicted octanol–water partition coefficient (Wildman–Crippen LogP) is 8.29. The fourth-order valence-electron chi connectivity index (χ4n) is 5.10. The van der Waals surface area contributed by atoms with E-state index in [4.69, 9.17) is 14.3 Å². The standard InChI is InChI=1S/C37H42BNO/c1-23-19-31-34-33(20-23)40-32-18-14-26(37(8,9)10)22-29(32)38(34)28-21-25(36(5,6)7)13-17-30(28)39(31)27-15-11-24(12-16-27)35(2,3)4/h11-22H,1-10H3/i1D3,11D,12D,13D,14D,15D,16D,17D,18D,21D,22D. The van der Waals surface area contributed by atoms with Crippen molar-refractivity contribution in [2.75, 3.05) is 4.90 Å². The van der Waals surface area contributed by atoms with E-state index in [-0.39, 0.29) is 110 Å². The number of fused-ring (bicyclic) bond motifs is 4. The lowest BCUT2D eigenvalue weighted by Crippen LogP contribution is -2.60. The van der Waals surface area contributed by atoms with Crippen LogP contribution in [0.25, 0.3) is 0 Å². The van der Waals surface area contributed by atoms with Crippen molar-refractivity contribution in [1.82, 2.24) is 0 Å². The summed E-state index contributed by atoms with van der Waals surface area (Å²) < 4.78 is 125. The molecule has 2 aliphatic rings. The van der Waals surface area contributed by atoms with E-state index in [1.54, 1.807) is 41.5 Å². The Morgan fingerprint density at radius 2 is 1.23 bits per heavy atom. The van der Waals surface area contributed by atoms with Crippen LogP contribution in [0.2, 0.25) is 0 Å². The topological polar surface area (TPSA) is 12.5 Å². The van der Waals surface area contributed by atoms with Crippen molar-refractivity contribution >= 4 is 40.2 Å². The van der Waals surface area contributed by atoms with Crippen LogP contribution < -0.4 is 26.0 Å². The molecule has 0 aromatic heterocycles. The summed E-state index contributed by atoms with van der Waals surface area (Å²) in [6.45, 7) is 12.3. The van der Waals surface area contributed by atoms with Gasteiger partial charge in [0, 0.05) is 21.2 Å². The van der Waals surface area contributed by atoms with Gasteiger partial charge in [0.1, 0.15) is 11.5 Å². The summed E-state index contributed by atoms with van der Waals surface area (Å²) in [7, 11) is 0. The lowest BCUT2D eigenvalue weighted by molar-refractivity contribution is 0.486. The van der Waals surface area contributed by atoms with Crippen LogP contribution in [0, 0.1) is 6.85 Å². The van der Waals surface area contributed by atoms with Gasteiger partial charge in [-0.3, -0.25) is 0 Å². The maximum absolute atomic E-state index is 9.80. The molecule has 0 fully saturated rings. The molecule has 2 heterocycles. The van der Waals surface area contributed by atoms with Crippen molar-refractivity contribution in [2.45, 2.75) is 85.4 Å². The van der Waals surface area contributed by atoms with Gasteiger partial charge in [-0.2, -0.15) is 0 Å². The molecule has 0 amide bonds. The Labute approximate surface area is 259 Å². The number of anilines is 3. The molecule has 0 saturated carbocycles. The van der Waals surface area contributed by atoms with E-state index < -0.39 is 47.9 Å². The lowest BCUT2D eigenvalue weighted by Gasteiger charge is -2.41. The number of hydrogen-bond acceptors (Lipinski definition) is 2. The van der Waals surface area contributed by atoms with Gasteiger partial charge in [-0.25, -0.2) is 0 Å². The zero-order valence-corrected chi connectivity index (χ0v) is 24.6. The first-order chi connectivity index (χ1) is 24.0. The third kappa shape index (κ3) is 4.35. The SMILES string of the molecule is [2H]c1c([2H])c(C(C)(C)C)c([2H])c2c1Oc1cc(C([2H])([2H])[2H])cc3c1B2c1c([2H])c(C(C)(C)C)c([2H])c([2H])c1N3c1c([2H])c([2H])c(C(C)(C)C)c([2H])c1[2H]. The smallest absolute Gasteiger partial charge is 0.256 e. The summed E-state index contributed by atoms with van der Waals surface area (Å²) in [5.41, 5.74) is -1.95. The number of ether oxygens (including phenoxy) is 1. The molecule has 6 rings (SSSR count). The van der Waals surface area contributed by atoms with Gasteiger partial charge in [-0.1, -0.05) is 98.6 Å². The molecule has 0 aliphatic carbocycles. The van der Waals surface area contributed by atoms with Crippen LogP contribution in [0.4, 0.5) is 17.1 Å². The van der Waals surface area contributed by atoms with Gasteiger partial charge in [0.25, 0.3) is 6.71 Å². The van der Waals surface area contributed by atoms with Crippen molar-refractivity contribution in [3.63, 3.8) is 0 Å². The molecule has 0 saturated heterocycles. The third-order valence-corrected chi connectivity index (χ3v) is 7.37. The van der Waals surface area contributed by atoms with Gasteiger partial charge in [0.15, 0.2) is 0 Å². The molecular weight excluding hydrogens is 485 g/mol. The van der Waals surface area contributed by atoms with E-state index in [1.807, 2.05) is 20.8 Å². The molecule has 2 nitrogen and oxygen atoms in total. The van der Waals surface area contributed by atoms with E-state index >= 15 is 0 Å². The Kier molecular flexibility index (Phi) is 3.40. The highest BCUT2D eigenvalue weighted by molar-refractivity contribution is 6.99. The largest absolute Gasteiger partial charge is 0.458 e. The molecule has 4 aromatic carbocycles. The highest BCUT2D eigenvalue weighted by Gasteiger charge is 2.42. The second-order valence-electron chi connectivity index (χ2n) is 13.8. The molecule has 0 atom stereocenters. The lowest BCUT2D eigenvalue weighted by atomic mass is 9.33. The van der Waals surface area contributed by atoms with Crippen LogP contribution in [-0.2, 0) is 16.2 Å². The van der Waals surface area contributed by atoms with Gasteiger partial charge < -0.3 is 9.64 Å². The highest BCUT2D eigenvalue weighted by Crippen LogP contribution is 2.42. The summed E-state index contributed by atoms with van der Waals surface area (Å²) in [5.74, 6) is -0.201. The van der Waals surface area contributed by atoms with Crippen molar-refractivity contribution < 1.29 is 22.6 Å². The molecule has 204 valence electrons. The Bertz CT molecular complexity index is 2250. The van der Waals surface area contributed by atoms with Gasteiger partial charge >= 0.3 is 0 Å². The van der Waals surface area contributed by atoms with Crippen LogP contribution in [-0.4, -0.2) is 6.71 Å². The molecule has 2 aliphatic heterocycles. The summed E-state index contributed by atoms with van der Waals surface area (Å²) in [5, 5.41) is 0. The van der Waals surface area contributed by atoms with E-state index in [0.29, 0.717) is 0 Å². The first kappa shape index (κ1) is 15.5. The average Bonchev–Trinajstić information content (AvgIpc) is 2.99. The Morgan fingerprint density at radius 1 is 0.650 bits per heavy atom. The Morgan fingerprint density at radius 3 is 1.82 bits per heavy atom. The minimum absolute atomic E-state index is 0.0232. The molecule has 0 spiro atoms. The molecular formula is C37H42BNO. The number of rotatable bonds is 1. The van der Waals surface area contributed by atoms with Crippen molar-refractivity contribution in [2.24, 2.45) is 0 Å². The molecule has 3 heteroatoms. The second kappa shape index (κ2) is 8.77. The molecule has 0 radical (unpaired) electrons. The molecule has 0 N–H and O–H groups in total. The molecule has 0 unspecified atom stereocenters. The van der Waals surface area contributed by atoms with Crippen LogP contribution in [0.15, 0.2) is 72.6 Å². The Balaban J connectivity index is 1.93.